The van der Waals surface area contributed by atoms with Crippen molar-refractivity contribution < 1.29 is 0 Å². The molecule has 0 unspecified atom stereocenters. The number of rotatable bonds is 1. The number of benzene rings is 1. The van der Waals surface area contributed by atoms with E-state index in [-0.39, 0.29) is 0 Å². The number of aromatic nitrogens is 1. The van der Waals surface area contributed by atoms with E-state index in [4.69, 9.17) is 11.6 Å². The molecule has 0 aliphatic rings. The minimum Gasteiger partial charge on any atom is -0.264 e. The third kappa shape index (κ3) is 1.97. The number of halogens is 2. The van der Waals surface area contributed by atoms with Crippen LogP contribution in [0.1, 0.15) is 0 Å². The number of pyridine rings is 1. The summed E-state index contributed by atoms with van der Waals surface area (Å²) < 4.78 is 1.06. The average molecular weight is 269 g/mol. The molecule has 1 aromatic heterocycles. The Balaban J connectivity index is 2.50. The Morgan fingerprint density at radius 2 is 1.79 bits per heavy atom. The van der Waals surface area contributed by atoms with Gasteiger partial charge in [0.05, 0.1) is 5.02 Å². The molecule has 0 N–H and O–H groups in total. The molecule has 0 bridgehead atoms. The molecule has 0 radical (unpaired) electrons. The van der Waals surface area contributed by atoms with Crippen molar-refractivity contribution in [2.75, 3.05) is 0 Å². The molecular formula is C11H7BrClN. The van der Waals surface area contributed by atoms with E-state index in [9.17, 15) is 0 Å². The fourth-order valence-electron chi connectivity index (χ4n) is 1.22. The second-order valence-corrected chi connectivity index (χ2v) is 4.19. The lowest BCUT2D eigenvalue weighted by Crippen LogP contribution is -1.80. The molecule has 0 aliphatic carbocycles. The summed E-state index contributed by atoms with van der Waals surface area (Å²) in [7, 11) is 0. The minimum atomic E-state index is 0.724. The molecule has 0 spiro atoms. The standard InChI is InChI=1S/C11H7BrClN/c12-9-3-1-8(2-4-9)10-7-14-6-5-11(10)13/h1-7H. The highest BCUT2D eigenvalue weighted by atomic mass is 79.9. The zero-order valence-corrected chi connectivity index (χ0v) is 9.59. The first-order chi connectivity index (χ1) is 6.77. The SMILES string of the molecule is Clc1ccncc1-c1ccc(Br)cc1. The van der Waals surface area contributed by atoms with Gasteiger partial charge >= 0.3 is 0 Å². The fourth-order valence-corrected chi connectivity index (χ4v) is 1.70. The van der Waals surface area contributed by atoms with Crippen LogP contribution in [-0.2, 0) is 0 Å². The lowest BCUT2D eigenvalue weighted by Gasteiger charge is -2.02. The Kier molecular flexibility index (Phi) is 2.85. The van der Waals surface area contributed by atoms with Gasteiger partial charge in [-0.05, 0) is 23.8 Å². The van der Waals surface area contributed by atoms with E-state index in [1.54, 1.807) is 18.5 Å². The van der Waals surface area contributed by atoms with Crippen molar-refractivity contribution in [3.8, 4) is 11.1 Å². The second-order valence-electron chi connectivity index (χ2n) is 2.86. The summed E-state index contributed by atoms with van der Waals surface area (Å²) in [5.41, 5.74) is 2.04. The summed E-state index contributed by atoms with van der Waals surface area (Å²) in [5, 5.41) is 0.724. The van der Waals surface area contributed by atoms with Crippen LogP contribution in [0.4, 0.5) is 0 Å². The van der Waals surface area contributed by atoms with Crippen molar-refractivity contribution in [3.63, 3.8) is 0 Å². The summed E-state index contributed by atoms with van der Waals surface area (Å²) in [5.74, 6) is 0. The number of nitrogens with zero attached hydrogens (tertiary/aromatic N) is 1. The van der Waals surface area contributed by atoms with E-state index in [0.29, 0.717) is 0 Å². The highest BCUT2D eigenvalue weighted by molar-refractivity contribution is 9.10. The van der Waals surface area contributed by atoms with Gasteiger partial charge in [-0.15, -0.1) is 0 Å². The largest absolute Gasteiger partial charge is 0.264 e. The zero-order valence-electron chi connectivity index (χ0n) is 7.24. The normalized spacial score (nSPS) is 10.1. The van der Waals surface area contributed by atoms with Gasteiger partial charge in [-0.2, -0.15) is 0 Å². The van der Waals surface area contributed by atoms with Crippen molar-refractivity contribution in [2.45, 2.75) is 0 Å². The lowest BCUT2D eigenvalue weighted by molar-refractivity contribution is 1.33. The molecule has 0 saturated carbocycles. The smallest absolute Gasteiger partial charge is 0.0515 e. The summed E-state index contributed by atoms with van der Waals surface area (Å²) in [6, 6.07) is 9.77. The predicted molar refractivity (Wildman–Crippen MR) is 62.4 cm³/mol. The van der Waals surface area contributed by atoms with E-state index in [0.717, 1.165) is 20.6 Å². The summed E-state index contributed by atoms with van der Waals surface area (Å²) in [6.45, 7) is 0. The van der Waals surface area contributed by atoms with Crippen LogP contribution in [0.15, 0.2) is 47.2 Å². The van der Waals surface area contributed by atoms with Gasteiger partial charge in [-0.25, -0.2) is 0 Å². The first-order valence-corrected chi connectivity index (χ1v) is 5.30. The first-order valence-electron chi connectivity index (χ1n) is 4.13. The van der Waals surface area contributed by atoms with Crippen LogP contribution in [0.5, 0.6) is 0 Å². The Morgan fingerprint density at radius 1 is 1.07 bits per heavy atom. The van der Waals surface area contributed by atoms with Crippen LogP contribution in [0, 0.1) is 0 Å². The fraction of sp³-hybridized carbons (Fsp3) is 0. The van der Waals surface area contributed by atoms with Crippen LogP contribution in [-0.4, -0.2) is 4.98 Å². The van der Waals surface area contributed by atoms with Crippen molar-refractivity contribution in [3.05, 3.63) is 52.2 Å². The molecule has 1 nitrogen and oxygen atoms in total. The van der Waals surface area contributed by atoms with Crippen LogP contribution < -0.4 is 0 Å². The van der Waals surface area contributed by atoms with Crippen LogP contribution >= 0.6 is 27.5 Å². The molecule has 0 atom stereocenters. The van der Waals surface area contributed by atoms with Crippen LogP contribution in [0.3, 0.4) is 0 Å². The molecule has 3 heteroatoms. The van der Waals surface area contributed by atoms with Crippen molar-refractivity contribution in [1.29, 1.82) is 0 Å². The van der Waals surface area contributed by atoms with E-state index in [2.05, 4.69) is 20.9 Å². The van der Waals surface area contributed by atoms with Gasteiger partial charge < -0.3 is 0 Å². The molecule has 1 aromatic carbocycles. The van der Waals surface area contributed by atoms with E-state index >= 15 is 0 Å². The van der Waals surface area contributed by atoms with Gasteiger partial charge in [0.15, 0.2) is 0 Å². The van der Waals surface area contributed by atoms with Gasteiger partial charge in [0, 0.05) is 22.4 Å². The van der Waals surface area contributed by atoms with Gasteiger partial charge in [0.1, 0.15) is 0 Å². The molecule has 2 aromatic rings. The maximum atomic E-state index is 6.05. The first kappa shape index (κ1) is 9.69. The third-order valence-electron chi connectivity index (χ3n) is 1.92. The summed E-state index contributed by atoms with van der Waals surface area (Å²) in [6.07, 6.45) is 3.45. The Bertz CT molecular complexity index is 439. The molecular weight excluding hydrogens is 261 g/mol. The molecule has 0 fully saturated rings. The highest BCUT2D eigenvalue weighted by Gasteiger charge is 2.01. The number of hydrogen-bond donors (Lipinski definition) is 0. The highest BCUT2D eigenvalue weighted by Crippen LogP contribution is 2.27. The Morgan fingerprint density at radius 3 is 2.43 bits per heavy atom. The monoisotopic (exact) mass is 267 g/mol. The van der Waals surface area contributed by atoms with Crippen molar-refractivity contribution >= 4 is 27.5 Å². The average Bonchev–Trinajstić information content (AvgIpc) is 2.20. The van der Waals surface area contributed by atoms with Gasteiger partial charge in [-0.1, -0.05) is 39.7 Å². The van der Waals surface area contributed by atoms with Crippen LogP contribution in [0.25, 0.3) is 11.1 Å². The molecule has 1 heterocycles. The van der Waals surface area contributed by atoms with Crippen molar-refractivity contribution in [2.24, 2.45) is 0 Å². The van der Waals surface area contributed by atoms with Crippen molar-refractivity contribution in [1.82, 2.24) is 4.98 Å². The maximum absolute atomic E-state index is 6.05. The van der Waals surface area contributed by atoms with E-state index in [1.807, 2.05) is 24.3 Å². The van der Waals surface area contributed by atoms with E-state index in [1.165, 1.54) is 0 Å². The quantitative estimate of drug-likeness (QED) is 0.756. The second kappa shape index (κ2) is 4.11. The third-order valence-corrected chi connectivity index (χ3v) is 2.78. The molecule has 2 rings (SSSR count). The van der Waals surface area contributed by atoms with Crippen LogP contribution in [0.2, 0.25) is 5.02 Å². The minimum absolute atomic E-state index is 0.724. The van der Waals surface area contributed by atoms with Gasteiger partial charge in [-0.3, -0.25) is 4.98 Å². The molecule has 0 amide bonds. The topological polar surface area (TPSA) is 12.9 Å². The number of hydrogen-bond acceptors (Lipinski definition) is 1. The molecule has 0 saturated heterocycles. The Hall–Kier alpha value is -0.860. The zero-order chi connectivity index (χ0) is 9.97. The molecule has 0 aliphatic heterocycles. The molecule has 14 heavy (non-hydrogen) atoms. The molecule has 70 valence electrons. The van der Waals surface area contributed by atoms with Gasteiger partial charge in [0.25, 0.3) is 0 Å². The predicted octanol–water partition coefficient (Wildman–Crippen LogP) is 4.16. The van der Waals surface area contributed by atoms with Gasteiger partial charge in [0.2, 0.25) is 0 Å². The summed E-state index contributed by atoms with van der Waals surface area (Å²) >= 11 is 9.43. The summed E-state index contributed by atoms with van der Waals surface area (Å²) in [4.78, 5) is 4.05. The lowest BCUT2D eigenvalue weighted by atomic mass is 10.1. The maximum Gasteiger partial charge on any atom is 0.0515 e. The Labute approximate surface area is 95.9 Å². The van der Waals surface area contributed by atoms with E-state index < -0.39 is 0 Å².